The first-order valence-electron chi connectivity index (χ1n) is 6.55. The van der Waals surface area contributed by atoms with E-state index in [1.807, 2.05) is 13.8 Å². The van der Waals surface area contributed by atoms with E-state index in [1.54, 1.807) is 6.20 Å². The second-order valence-corrected chi connectivity index (χ2v) is 5.10. The number of rotatable bonds is 7. The van der Waals surface area contributed by atoms with Crippen molar-refractivity contribution in [3.05, 3.63) is 18.2 Å². The van der Waals surface area contributed by atoms with Gasteiger partial charge in [-0.1, -0.05) is 13.8 Å². The SMILES string of the molecule is COC(=O)[C@H](Cc1cnc[nH]1)NC(=O)[C@@H](N)CC(C)C. The first kappa shape index (κ1) is 16.2. The fourth-order valence-electron chi connectivity index (χ4n) is 1.85. The summed E-state index contributed by atoms with van der Waals surface area (Å²) in [6.07, 6.45) is 3.95. The molecule has 1 rings (SSSR count). The molecule has 0 saturated carbocycles. The minimum absolute atomic E-state index is 0.285. The monoisotopic (exact) mass is 282 g/mol. The first-order chi connectivity index (χ1) is 9.43. The molecule has 1 heterocycles. The van der Waals surface area contributed by atoms with E-state index in [9.17, 15) is 9.59 Å². The topological polar surface area (TPSA) is 110 Å². The maximum atomic E-state index is 12.0. The molecule has 0 aromatic carbocycles. The van der Waals surface area contributed by atoms with Crippen LogP contribution in [0.15, 0.2) is 12.5 Å². The van der Waals surface area contributed by atoms with Gasteiger partial charge in [-0.3, -0.25) is 4.79 Å². The molecular formula is C13H22N4O3. The van der Waals surface area contributed by atoms with Gasteiger partial charge < -0.3 is 20.8 Å². The molecular weight excluding hydrogens is 260 g/mol. The van der Waals surface area contributed by atoms with Gasteiger partial charge in [0.2, 0.25) is 5.91 Å². The second kappa shape index (κ2) is 7.64. The molecule has 20 heavy (non-hydrogen) atoms. The van der Waals surface area contributed by atoms with Crippen LogP contribution in [0.5, 0.6) is 0 Å². The molecule has 1 aromatic rings. The van der Waals surface area contributed by atoms with E-state index in [-0.39, 0.29) is 12.3 Å². The van der Waals surface area contributed by atoms with Crippen LogP contribution in [-0.4, -0.2) is 41.0 Å². The van der Waals surface area contributed by atoms with Gasteiger partial charge in [0.05, 0.1) is 19.5 Å². The van der Waals surface area contributed by atoms with E-state index in [2.05, 4.69) is 15.3 Å². The Morgan fingerprint density at radius 3 is 2.70 bits per heavy atom. The van der Waals surface area contributed by atoms with Crippen LogP contribution < -0.4 is 11.1 Å². The normalized spacial score (nSPS) is 13.8. The Kier molecular flexibility index (Phi) is 6.17. The lowest BCUT2D eigenvalue weighted by molar-refractivity contribution is -0.145. The minimum Gasteiger partial charge on any atom is -0.467 e. The average Bonchev–Trinajstić information content (AvgIpc) is 2.89. The summed E-state index contributed by atoms with van der Waals surface area (Å²) in [6.45, 7) is 3.96. The Morgan fingerprint density at radius 2 is 2.20 bits per heavy atom. The molecule has 0 bridgehead atoms. The highest BCUT2D eigenvalue weighted by Crippen LogP contribution is 2.05. The zero-order valence-corrected chi connectivity index (χ0v) is 12.1. The molecule has 112 valence electrons. The Hall–Kier alpha value is -1.89. The van der Waals surface area contributed by atoms with Gasteiger partial charge in [0, 0.05) is 18.3 Å². The zero-order chi connectivity index (χ0) is 15.1. The van der Waals surface area contributed by atoms with Crippen LogP contribution in [0, 0.1) is 5.92 Å². The molecule has 1 amide bonds. The highest BCUT2D eigenvalue weighted by molar-refractivity contribution is 5.87. The third-order valence-corrected chi connectivity index (χ3v) is 2.84. The quantitative estimate of drug-likeness (QED) is 0.609. The average molecular weight is 282 g/mol. The molecule has 0 fully saturated rings. The number of nitrogens with two attached hydrogens (primary N) is 1. The zero-order valence-electron chi connectivity index (χ0n) is 12.1. The number of aromatic amines is 1. The molecule has 0 radical (unpaired) electrons. The van der Waals surface area contributed by atoms with Crippen LogP contribution in [-0.2, 0) is 20.7 Å². The molecule has 7 nitrogen and oxygen atoms in total. The lowest BCUT2D eigenvalue weighted by Crippen LogP contribution is -2.50. The highest BCUT2D eigenvalue weighted by atomic mass is 16.5. The van der Waals surface area contributed by atoms with Crippen molar-refractivity contribution in [2.75, 3.05) is 7.11 Å². The summed E-state index contributed by atoms with van der Waals surface area (Å²) in [7, 11) is 1.28. The van der Waals surface area contributed by atoms with E-state index in [0.29, 0.717) is 12.3 Å². The van der Waals surface area contributed by atoms with E-state index in [0.717, 1.165) is 5.69 Å². The van der Waals surface area contributed by atoms with Crippen LogP contribution in [0.4, 0.5) is 0 Å². The minimum atomic E-state index is -0.772. The smallest absolute Gasteiger partial charge is 0.328 e. The molecule has 7 heteroatoms. The van der Waals surface area contributed by atoms with Crippen LogP contribution in [0.2, 0.25) is 0 Å². The maximum Gasteiger partial charge on any atom is 0.328 e. The number of methoxy groups -OCH3 is 1. The summed E-state index contributed by atoms with van der Waals surface area (Å²) in [5, 5.41) is 2.62. The Labute approximate surface area is 118 Å². The second-order valence-electron chi connectivity index (χ2n) is 5.10. The molecule has 1 aromatic heterocycles. The van der Waals surface area contributed by atoms with Crippen LogP contribution in [0.25, 0.3) is 0 Å². The number of carbonyl (C=O) groups is 2. The summed E-state index contributed by atoms with van der Waals surface area (Å²) in [4.78, 5) is 30.4. The van der Waals surface area contributed by atoms with E-state index < -0.39 is 18.1 Å². The van der Waals surface area contributed by atoms with Crippen molar-refractivity contribution in [3.8, 4) is 0 Å². The molecule has 4 N–H and O–H groups in total. The van der Waals surface area contributed by atoms with Crippen LogP contribution >= 0.6 is 0 Å². The van der Waals surface area contributed by atoms with Crippen molar-refractivity contribution in [2.45, 2.75) is 38.8 Å². The van der Waals surface area contributed by atoms with Crippen LogP contribution in [0.1, 0.15) is 26.0 Å². The van der Waals surface area contributed by atoms with Crippen molar-refractivity contribution >= 4 is 11.9 Å². The number of carbonyl (C=O) groups excluding carboxylic acids is 2. The molecule has 0 spiro atoms. The van der Waals surface area contributed by atoms with E-state index in [4.69, 9.17) is 10.5 Å². The fourth-order valence-corrected chi connectivity index (χ4v) is 1.85. The van der Waals surface area contributed by atoms with E-state index >= 15 is 0 Å². The predicted octanol–water partition coefficient (Wildman–Crippen LogP) is -0.0166. The number of imidazole rings is 1. The molecule has 0 unspecified atom stereocenters. The van der Waals surface area contributed by atoms with Gasteiger partial charge in [-0.2, -0.15) is 0 Å². The van der Waals surface area contributed by atoms with Gasteiger partial charge in [0.1, 0.15) is 6.04 Å². The highest BCUT2D eigenvalue weighted by Gasteiger charge is 2.25. The Bertz CT molecular complexity index is 431. The number of nitrogens with zero attached hydrogens (tertiary/aromatic N) is 1. The number of hydrogen-bond acceptors (Lipinski definition) is 5. The van der Waals surface area contributed by atoms with Crippen molar-refractivity contribution < 1.29 is 14.3 Å². The molecule has 0 aliphatic rings. The summed E-state index contributed by atoms with van der Waals surface area (Å²) < 4.78 is 4.69. The van der Waals surface area contributed by atoms with Gasteiger partial charge in [0.15, 0.2) is 0 Å². The van der Waals surface area contributed by atoms with Crippen LogP contribution in [0.3, 0.4) is 0 Å². The lowest BCUT2D eigenvalue weighted by Gasteiger charge is -2.19. The number of nitrogens with one attached hydrogen (secondary N) is 2. The summed E-state index contributed by atoms with van der Waals surface area (Å²) in [6, 6.07) is -1.41. The van der Waals surface area contributed by atoms with Gasteiger partial charge in [-0.25, -0.2) is 9.78 Å². The standard InChI is InChI=1S/C13H22N4O3/c1-8(2)4-10(14)12(18)17-11(13(19)20-3)5-9-6-15-7-16-9/h6-8,10-11H,4-5,14H2,1-3H3,(H,15,16)(H,17,18)/t10-,11-/m0/s1. The predicted molar refractivity (Wildman–Crippen MR) is 73.7 cm³/mol. The lowest BCUT2D eigenvalue weighted by atomic mass is 10.0. The number of esters is 1. The summed E-state index contributed by atoms with van der Waals surface area (Å²) in [5.41, 5.74) is 6.53. The van der Waals surface area contributed by atoms with Crippen molar-refractivity contribution in [3.63, 3.8) is 0 Å². The van der Waals surface area contributed by atoms with Gasteiger partial charge >= 0.3 is 5.97 Å². The number of amides is 1. The molecule has 2 atom stereocenters. The number of hydrogen-bond donors (Lipinski definition) is 3. The third-order valence-electron chi connectivity index (χ3n) is 2.84. The molecule has 0 aliphatic carbocycles. The Balaban J connectivity index is 2.65. The summed E-state index contributed by atoms with van der Waals surface area (Å²) >= 11 is 0. The largest absolute Gasteiger partial charge is 0.467 e. The third kappa shape index (κ3) is 5.00. The van der Waals surface area contributed by atoms with Gasteiger partial charge in [-0.15, -0.1) is 0 Å². The van der Waals surface area contributed by atoms with Gasteiger partial charge in [-0.05, 0) is 12.3 Å². The first-order valence-corrected chi connectivity index (χ1v) is 6.55. The van der Waals surface area contributed by atoms with Crippen molar-refractivity contribution in [1.29, 1.82) is 0 Å². The number of H-pyrrole nitrogens is 1. The molecule has 0 saturated heterocycles. The van der Waals surface area contributed by atoms with E-state index in [1.165, 1.54) is 13.4 Å². The Morgan fingerprint density at radius 1 is 1.50 bits per heavy atom. The van der Waals surface area contributed by atoms with Crippen molar-refractivity contribution in [2.24, 2.45) is 11.7 Å². The van der Waals surface area contributed by atoms with Gasteiger partial charge in [0.25, 0.3) is 0 Å². The molecule has 0 aliphatic heterocycles. The number of ether oxygens (including phenoxy) is 1. The fraction of sp³-hybridized carbons (Fsp3) is 0.615. The summed E-state index contributed by atoms with van der Waals surface area (Å²) in [5.74, 6) is -0.557. The number of aromatic nitrogens is 2. The van der Waals surface area contributed by atoms with Crippen molar-refractivity contribution in [1.82, 2.24) is 15.3 Å². The maximum absolute atomic E-state index is 12.0.